The van der Waals surface area contributed by atoms with Gasteiger partial charge in [0.1, 0.15) is 24.3 Å². The van der Waals surface area contributed by atoms with Crippen molar-refractivity contribution in [2.45, 2.75) is 69.9 Å². The van der Waals surface area contributed by atoms with E-state index in [2.05, 4.69) is 9.47 Å². The van der Waals surface area contributed by atoms with Crippen molar-refractivity contribution in [2.24, 2.45) is 5.92 Å². The summed E-state index contributed by atoms with van der Waals surface area (Å²) < 4.78 is 131. The zero-order chi connectivity index (χ0) is 28.8. The molecule has 0 aliphatic heterocycles. The number of alkyl halides is 9. The van der Waals surface area contributed by atoms with E-state index in [1.165, 1.54) is 36.4 Å². The van der Waals surface area contributed by atoms with Gasteiger partial charge in [-0.3, -0.25) is 4.74 Å². The minimum atomic E-state index is -5.17. The number of anilines is 1. The summed E-state index contributed by atoms with van der Waals surface area (Å²) in [7, 11) is 0. The Morgan fingerprint density at radius 1 is 0.821 bits per heavy atom. The maximum absolute atomic E-state index is 13.4. The molecule has 14 heteroatoms. The number of benzene rings is 2. The molecule has 1 aliphatic carbocycles. The van der Waals surface area contributed by atoms with Gasteiger partial charge in [0, 0.05) is 17.7 Å². The molecule has 1 aliphatic rings. The highest BCUT2D eigenvalue weighted by Gasteiger charge is 2.45. The van der Waals surface area contributed by atoms with Crippen LogP contribution in [-0.4, -0.2) is 42.9 Å². The summed E-state index contributed by atoms with van der Waals surface area (Å²) in [6.45, 7) is -1.52. The molecule has 2 unspecified atom stereocenters. The Morgan fingerprint density at radius 2 is 1.46 bits per heavy atom. The lowest BCUT2D eigenvalue weighted by molar-refractivity contribution is -0.349. The Morgan fingerprint density at radius 3 is 2.08 bits per heavy atom. The summed E-state index contributed by atoms with van der Waals surface area (Å²) in [5.41, 5.74) is 0.122. The predicted molar refractivity (Wildman–Crippen MR) is 121 cm³/mol. The van der Waals surface area contributed by atoms with E-state index >= 15 is 0 Å². The number of aliphatic hydroxyl groups excluding tert-OH is 1. The lowest BCUT2D eigenvalue weighted by atomic mass is 9.87. The van der Waals surface area contributed by atoms with E-state index in [0.717, 1.165) is 23.5 Å². The van der Waals surface area contributed by atoms with Gasteiger partial charge in [-0.25, -0.2) is 0 Å². The van der Waals surface area contributed by atoms with Gasteiger partial charge in [0.25, 0.3) is 0 Å². The fourth-order valence-corrected chi connectivity index (χ4v) is 4.37. The van der Waals surface area contributed by atoms with Crippen LogP contribution in [-0.2, 0) is 11.3 Å². The Bertz CT molecular complexity index is 1050. The van der Waals surface area contributed by atoms with Gasteiger partial charge in [-0.15, -0.1) is 26.3 Å². The second-order valence-corrected chi connectivity index (χ2v) is 9.04. The molecule has 0 heterocycles. The van der Waals surface area contributed by atoms with Crippen molar-refractivity contribution >= 4 is 5.69 Å². The lowest BCUT2D eigenvalue weighted by Crippen LogP contribution is -2.51. The van der Waals surface area contributed by atoms with Crippen molar-refractivity contribution in [3.63, 3.8) is 0 Å². The van der Waals surface area contributed by atoms with Crippen LogP contribution in [0.5, 0.6) is 11.5 Å². The van der Waals surface area contributed by atoms with Crippen molar-refractivity contribution in [1.82, 2.24) is 0 Å². The molecule has 0 spiro atoms. The van der Waals surface area contributed by atoms with Crippen LogP contribution in [0.25, 0.3) is 0 Å². The highest BCUT2D eigenvalue weighted by atomic mass is 19.4. The largest absolute Gasteiger partial charge is 0.573 e. The number of hydrogen-bond donors (Lipinski definition) is 1. The van der Waals surface area contributed by atoms with Crippen molar-refractivity contribution in [3.05, 3.63) is 54.1 Å². The quantitative estimate of drug-likeness (QED) is 0.238. The molecule has 2 aromatic rings. The molecule has 1 saturated carbocycles. The second-order valence-electron chi connectivity index (χ2n) is 9.04. The molecule has 0 radical (unpaired) electrons. The van der Waals surface area contributed by atoms with Crippen molar-refractivity contribution in [3.8, 4) is 11.5 Å². The van der Waals surface area contributed by atoms with E-state index in [4.69, 9.17) is 4.74 Å². The van der Waals surface area contributed by atoms with E-state index < -0.39 is 49.4 Å². The summed E-state index contributed by atoms with van der Waals surface area (Å²) in [6.07, 6.45) is -17.5. The molecule has 5 nitrogen and oxygen atoms in total. The third-order valence-electron chi connectivity index (χ3n) is 6.05. The molecule has 2 atom stereocenters. The van der Waals surface area contributed by atoms with Crippen LogP contribution < -0.4 is 14.4 Å². The summed E-state index contributed by atoms with van der Waals surface area (Å²) in [6, 6.07) is 10.0. The van der Waals surface area contributed by atoms with Crippen LogP contribution in [0.3, 0.4) is 0 Å². The molecule has 0 bridgehead atoms. The SMILES string of the molecule is OC(CN(c1cccc(OCc2cccc(OC(F)(F)F)c2)c1)C(OC(F)(F)F)C1CCCCC1)C(F)(F)F. The number of aliphatic hydroxyl groups is 1. The first-order chi connectivity index (χ1) is 18.1. The van der Waals surface area contributed by atoms with E-state index in [1.54, 1.807) is 0 Å². The van der Waals surface area contributed by atoms with Gasteiger partial charge < -0.3 is 19.5 Å². The van der Waals surface area contributed by atoms with E-state index in [-0.39, 0.29) is 36.4 Å². The number of halogens is 9. The van der Waals surface area contributed by atoms with Crippen LogP contribution in [0.4, 0.5) is 45.2 Å². The topological polar surface area (TPSA) is 51.2 Å². The average Bonchev–Trinajstić information content (AvgIpc) is 2.83. The zero-order valence-electron chi connectivity index (χ0n) is 20.3. The van der Waals surface area contributed by atoms with E-state index in [9.17, 15) is 44.6 Å². The maximum atomic E-state index is 13.4. The molecule has 1 N–H and O–H groups in total. The first-order valence-corrected chi connectivity index (χ1v) is 11.9. The molecule has 0 aromatic heterocycles. The monoisotopic (exact) mass is 575 g/mol. The van der Waals surface area contributed by atoms with Crippen molar-refractivity contribution < 1.29 is 58.8 Å². The van der Waals surface area contributed by atoms with Gasteiger partial charge in [0.2, 0.25) is 0 Å². The predicted octanol–water partition coefficient (Wildman–Crippen LogP) is 7.34. The molecular weight excluding hydrogens is 549 g/mol. The molecule has 2 aromatic carbocycles. The normalized spacial score (nSPS) is 17.0. The minimum absolute atomic E-state index is 0.00976. The first kappa shape index (κ1) is 30.7. The molecule has 39 heavy (non-hydrogen) atoms. The molecular formula is C25H26F9NO4. The zero-order valence-corrected chi connectivity index (χ0v) is 20.3. The van der Waals surface area contributed by atoms with Gasteiger partial charge in [-0.05, 0) is 42.7 Å². The van der Waals surface area contributed by atoms with Gasteiger partial charge >= 0.3 is 18.9 Å². The summed E-state index contributed by atoms with van der Waals surface area (Å²) in [5, 5.41) is 9.76. The summed E-state index contributed by atoms with van der Waals surface area (Å²) >= 11 is 0. The van der Waals surface area contributed by atoms with Crippen molar-refractivity contribution in [2.75, 3.05) is 11.4 Å². The Kier molecular flexibility index (Phi) is 9.86. The van der Waals surface area contributed by atoms with Crippen LogP contribution in [0, 0.1) is 5.92 Å². The Balaban J connectivity index is 1.88. The Labute approximate surface area is 218 Å². The lowest BCUT2D eigenvalue weighted by Gasteiger charge is -2.41. The molecule has 3 rings (SSSR count). The summed E-state index contributed by atoms with van der Waals surface area (Å²) in [5.74, 6) is -1.25. The first-order valence-electron chi connectivity index (χ1n) is 11.9. The highest BCUT2D eigenvalue weighted by molar-refractivity contribution is 5.51. The van der Waals surface area contributed by atoms with E-state index in [1.807, 2.05) is 0 Å². The van der Waals surface area contributed by atoms with Crippen LogP contribution in [0.1, 0.15) is 37.7 Å². The average molecular weight is 575 g/mol. The molecule has 0 saturated heterocycles. The van der Waals surface area contributed by atoms with Gasteiger partial charge in [0.15, 0.2) is 6.10 Å². The highest BCUT2D eigenvalue weighted by Crippen LogP contribution is 2.37. The number of hydrogen-bond acceptors (Lipinski definition) is 5. The third-order valence-corrected chi connectivity index (χ3v) is 6.05. The van der Waals surface area contributed by atoms with Gasteiger partial charge in [0.05, 0.1) is 6.54 Å². The van der Waals surface area contributed by atoms with Crippen molar-refractivity contribution in [1.29, 1.82) is 0 Å². The number of nitrogens with zero attached hydrogens (tertiary/aromatic N) is 1. The van der Waals surface area contributed by atoms with Crippen LogP contribution in [0.2, 0.25) is 0 Å². The molecule has 0 amide bonds. The second kappa shape index (κ2) is 12.5. The van der Waals surface area contributed by atoms with Gasteiger partial charge in [-0.1, -0.05) is 37.5 Å². The Hall–Kier alpha value is -2.87. The number of ether oxygens (including phenoxy) is 3. The standard InChI is InChI=1S/C25H26F9NO4/c26-23(27,28)21(36)14-35(22(39-25(32,33)34)17-7-2-1-3-8-17)18-9-5-10-19(13-18)37-15-16-6-4-11-20(12-16)38-24(29,30)31/h4-6,9-13,17,21-22,36H,1-3,7-8,14-15H2. The maximum Gasteiger partial charge on any atom is 0.573 e. The van der Waals surface area contributed by atoms with Crippen LogP contribution in [0.15, 0.2) is 48.5 Å². The number of rotatable bonds is 10. The smallest absolute Gasteiger partial charge is 0.489 e. The summed E-state index contributed by atoms with van der Waals surface area (Å²) in [4.78, 5) is 0.728. The van der Waals surface area contributed by atoms with Crippen LogP contribution >= 0.6 is 0 Å². The van der Waals surface area contributed by atoms with E-state index in [0.29, 0.717) is 12.8 Å². The minimum Gasteiger partial charge on any atom is -0.489 e. The molecule has 218 valence electrons. The fraction of sp³-hybridized carbons (Fsp3) is 0.520. The third kappa shape index (κ3) is 9.99. The molecule has 1 fully saturated rings. The van der Waals surface area contributed by atoms with Gasteiger partial charge in [-0.2, -0.15) is 13.2 Å². The fourth-order valence-electron chi connectivity index (χ4n) is 4.37.